The first-order valence-electron chi connectivity index (χ1n) is 9.12. The van der Waals surface area contributed by atoms with Crippen molar-refractivity contribution in [1.82, 2.24) is 0 Å². The molecule has 4 nitrogen and oxygen atoms in total. The number of carbonyl (C=O) groups is 1. The number of nitrogens with one attached hydrogen (secondary N) is 1. The van der Waals surface area contributed by atoms with E-state index < -0.39 is 5.91 Å². The van der Waals surface area contributed by atoms with Crippen LogP contribution in [0.4, 0.5) is 5.69 Å². The fourth-order valence-corrected chi connectivity index (χ4v) is 3.06. The summed E-state index contributed by atoms with van der Waals surface area (Å²) in [5, 5.41) is 12.8. The predicted molar refractivity (Wildman–Crippen MR) is 121 cm³/mol. The van der Waals surface area contributed by atoms with Crippen LogP contribution in [-0.4, -0.2) is 5.91 Å². The molecule has 0 atom stereocenters. The highest BCUT2D eigenvalue weighted by Crippen LogP contribution is 2.28. The van der Waals surface area contributed by atoms with Crippen molar-refractivity contribution in [2.24, 2.45) is 0 Å². The zero-order valence-electron chi connectivity index (χ0n) is 16.2. The summed E-state index contributed by atoms with van der Waals surface area (Å²) >= 11 is 12.4. The van der Waals surface area contributed by atoms with E-state index in [1.165, 1.54) is 11.6 Å². The number of hydrogen-bond acceptors (Lipinski definition) is 3. The number of benzene rings is 3. The van der Waals surface area contributed by atoms with Crippen molar-refractivity contribution in [2.75, 3.05) is 5.32 Å². The third-order valence-electron chi connectivity index (χ3n) is 4.27. The molecule has 0 aromatic heterocycles. The van der Waals surface area contributed by atoms with Gasteiger partial charge in [0.1, 0.15) is 24.0 Å². The lowest BCUT2D eigenvalue weighted by Crippen LogP contribution is -2.13. The van der Waals surface area contributed by atoms with Crippen molar-refractivity contribution in [3.63, 3.8) is 0 Å². The predicted octanol–water partition coefficient (Wildman–Crippen LogP) is 6.43. The average Bonchev–Trinajstić information content (AvgIpc) is 2.74. The van der Waals surface area contributed by atoms with Crippen molar-refractivity contribution >= 4 is 40.9 Å². The summed E-state index contributed by atoms with van der Waals surface area (Å²) in [6, 6.07) is 21.8. The molecule has 1 N–H and O–H groups in total. The van der Waals surface area contributed by atoms with Crippen molar-refractivity contribution in [2.45, 2.75) is 13.5 Å². The lowest BCUT2D eigenvalue weighted by molar-refractivity contribution is -0.112. The Morgan fingerprint density at radius 1 is 1.07 bits per heavy atom. The molecule has 0 radical (unpaired) electrons. The van der Waals surface area contributed by atoms with Crippen LogP contribution in [0.2, 0.25) is 10.0 Å². The molecule has 30 heavy (non-hydrogen) atoms. The maximum atomic E-state index is 12.4. The second-order valence-electron chi connectivity index (χ2n) is 6.57. The van der Waals surface area contributed by atoms with Crippen LogP contribution in [0.15, 0.2) is 72.3 Å². The molecular weight excluding hydrogens is 419 g/mol. The number of para-hydroxylation sites is 1. The fraction of sp³-hybridized carbons (Fsp3) is 0.0833. The van der Waals surface area contributed by atoms with Crippen LogP contribution in [0.3, 0.4) is 0 Å². The first-order chi connectivity index (χ1) is 14.5. The molecule has 3 rings (SSSR count). The molecule has 0 aliphatic carbocycles. The molecule has 6 heteroatoms. The topological polar surface area (TPSA) is 62.1 Å². The molecule has 0 bridgehead atoms. The molecule has 3 aromatic carbocycles. The van der Waals surface area contributed by atoms with E-state index >= 15 is 0 Å². The number of hydrogen-bond donors (Lipinski definition) is 1. The average molecular weight is 437 g/mol. The Balaban J connectivity index is 1.71. The van der Waals surface area contributed by atoms with Gasteiger partial charge in [-0.25, -0.2) is 0 Å². The molecule has 0 unspecified atom stereocenters. The van der Waals surface area contributed by atoms with E-state index in [0.29, 0.717) is 33.7 Å². The number of carbonyl (C=O) groups excluding carboxylic acids is 1. The van der Waals surface area contributed by atoms with Gasteiger partial charge in [0, 0.05) is 0 Å². The second-order valence-corrected chi connectivity index (χ2v) is 7.38. The first-order valence-corrected chi connectivity index (χ1v) is 9.87. The Kier molecular flexibility index (Phi) is 7.13. The van der Waals surface area contributed by atoms with Gasteiger partial charge in [-0.3, -0.25) is 4.79 Å². The van der Waals surface area contributed by atoms with Crippen LogP contribution in [0.25, 0.3) is 6.08 Å². The van der Waals surface area contributed by atoms with Gasteiger partial charge in [-0.2, -0.15) is 5.26 Å². The summed E-state index contributed by atoms with van der Waals surface area (Å²) in [4.78, 5) is 12.4. The quantitative estimate of drug-likeness (QED) is 0.357. The number of nitrogens with zero attached hydrogens (tertiary/aromatic N) is 1. The first kappa shape index (κ1) is 21.4. The highest BCUT2D eigenvalue weighted by molar-refractivity contribution is 6.34. The van der Waals surface area contributed by atoms with E-state index in [1.807, 2.05) is 37.3 Å². The molecule has 1 amide bonds. The van der Waals surface area contributed by atoms with Crippen LogP contribution in [0.5, 0.6) is 5.75 Å². The van der Waals surface area contributed by atoms with Crippen molar-refractivity contribution < 1.29 is 9.53 Å². The van der Waals surface area contributed by atoms with Crippen molar-refractivity contribution in [3.05, 3.63) is 99.0 Å². The Labute approximate surface area is 185 Å². The van der Waals surface area contributed by atoms with E-state index in [9.17, 15) is 10.1 Å². The summed E-state index contributed by atoms with van der Waals surface area (Å²) < 4.78 is 5.78. The van der Waals surface area contributed by atoms with Gasteiger partial charge in [0.15, 0.2) is 0 Å². The molecule has 0 aliphatic rings. The van der Waals surface area contributed by atoms with Gasteiger partial charge in [-0.1, -0.05) is 71.2 Å². The highest BCUT2D eigenvalue weighted by Gasteiger charge is 2.12. The zero-order chi connectivity index (χ0) is 21.5. The van der Waals surface area contributed by atoms with E-state index in [2.05, 4.69) is 5.32 Å². The maximum absolute atomic E-state index is 12.4. The third-order valence-corrected chi connectivity index (χ3v) is 4.89. The molecule has 0 fully saturated rings. The van der Waals surface area contributed by atoms with Gasteiger partial charge >= 0.3 is 0 Å². The van der Waals surface area contributed by atoms with Gasteiger partial charge in [0.05, 0.1) is 15.7 Å². The minimum Gasteiger partial charge on any atom is -0.487 e. The molecule has 0 heterocycles. The van der Waals surface area contributed by atoms with Gasteiger partial charge in [-0.05, 0) is 48.4 Å². The number of halogens is 2. The van der Waals surface area contributed by atoms with Crippen LogP contribution in [-0.2, 0) is 11.4 Å². The largest absolute Gasteiger partial charge is 0.487 e. The normalized spacial score (nSPS) is 10.9. The number of amides is 1. The number of anilines is 1. The van der Waals surface area contributed by atoms with Crippen molar-refractivity contribution in [1.29, 1.82) is 5.26 Å². The molecule has 0 spiro atoms. The second kappa shape index (κ2) is 9.98. The van der Waals surface area contributed by atoms with Crippen LogP contribution >= 0.6 is 23.2 Å². The smallest absolute Gasteiger partial charge is 0.266 e. The highest BCUT2D eigenvalue weighted by atomic mass is 35.5. The van der Waals surface area contributed by atoms with Crippen LogP contribution < -0.4 is 10.1 Å². The molecule has 0 saturated carbocycles. The van der Waals surface area contributed by atoms with Crippen LogP contribution in [0, 0.1) is 18.3 Å². The number of ether oxygens (including phenoxy) is 1. The summed E-state index contributed by atoms with van der Waals surface area (Å²) in [7, 11) is 0. The van der Waals surface area contributed by atoms with Gasteiger partial charge in [-0.15, -0.1) is 0 Å². The van der Waals surface area contributed by atoms with Crippen LogP contribution in [0.1, 0.15) is 16.7 Å². The zero-order valence-corrected chi connectivity index (χ0v) is 17.7. The Morgan fingerprint density at radius 3 is 2.47 bits per heavy atom. The standard InChI is InChI=1S/C24H18Cl2N2O2/c1-16-6-8-17(9-7-16)15-30-23-11-10-18(13-21(23)26)12-19(14-27)24(29)28-22-5-3-2-4-20(22)25/h2-13H,15H2,1H3,(H,28,29)/b19-12+. The summed E-state index contributed by atoms with van der Waals surface area (Å²) in [5.41, 5.74) is 3.18. The summed E-state index contributed by atoms with van der Waals surface area (Å²) in [6.45, 7) is 2.41. The Bertz CT molecular complexity index is 1130. The van der Waals surface area contributed by atoms with Crippen molar-refractivity contribution in [3.8, 4) is 11.8 Å². The molecule has 3 aromatic rings. The molecule has 0 aliphatic heterocycles. The molecular formula is C24H18Cl2N2O2. The lowest BCUT2D eigenvalue weighted by atomic mass is 10.1. The summed E-state index contributed by atoms with van der Waals surface area (Å²) in [5.74, 6) is -0.0326. The maximum Gasteiger partial charge on any atom is 0.266 e. The SMILES string of the molecule is Cc1ccc(COc2ccc(/C=C(\C#N)C(=O)Nc3ccccc3Cl)cc2Cl)cc1. The monoisotopic (exact) mass is 436 g/mol. The third kappa shape index (κ3) is 5.64. The van der Waals surface area contributed by atoms with Gasteiger partial charge < -0.3 is 10.1 Å². The number of aryl methyl sites for hydroxylation is 1. The fourth-order valence-electron chi connectivity index (χ4n) is 2.64. The number of nitriles is 1. The number of rotatable bonds is 6. The van der Waals surface area contributed by atoms with Gasteiger partial charge in [0.2, 0.25) is 0 Å². The van der Waals surface area contributed by atoms with E-state index in [1.54, 1.807) is 42.5 Å². The Morgan fingerprint density at radius 2 is 1.80 bits per heavy atom. The lowest BCUT2D eigenvalue weighted by Gasteiger charge is -2.09. The Hall–Kier alpha value is -3.26. The minimum atomic E-state index is -0.554. The van der Waals surface area contributed by atoms with E-state index in [0.717, 1.165) is 5.56 Å². The summed E-state index contributed by atoms with van der Waals surface area (Å²) in [6.07, 6.45) is 1.46. The van der Waals surface area contributed by atoms with E-state index in [4.69, 9.17) is 27.9 Å². The molecule has 0 saturated heterocycles. The molecule has 150 valence electrons. The van der Waals surface area contributed by atoms with E-state index in [-0.39, 0.29) is 5.57 Å². The minimum absolute atomic E-state index is 0.0701. The van der Waals surface area contributed by atoms with Gasteiger partial charge in [0.25, 0.3) is 5.91 Å².